The summed E-state index contributed by atoms with van der Waals surface area (Å²) < 4.78 is 11.4. The molecule has 1 aromatic carbocycles. The smallest absolute Gasteiger partial charge is 0.330 e. The van der Waals surface area contributed by atoms with Crippen molar-refractivity contribution >= 4 is 23.8 Å². The van der Waals surface area contributed by atoms with Crippen molar-refractivity contribution in [3.05, 3.63) is 42.0 Å². The van der Waals surface area contributed by atoms with Gasteiger partial charge in [-0.3, -0.25) is 0 Å². The molecule has 0 aliphatic heterocycles. The molecule has 0 atom stereocenters. The standard InChI is InChI=1S/C24H36O3S/c25-24(17-16-22-12-7-6-8-13-22)27-19-21-28-20-11-18-26-23-14-9-4-2-1-3-5-10-15-23/h6-8,12-13,16-17,23H,1-5,9-11,14-15,18-21H2/b17-16+. The Bertz CT molecular complexity index is 534. The number of carbonyl (C=O) groups excluding carboxylic acids is 1. The summed E-state index contributed by atoms with van der Waals surface area (Å²) >= 11 is 1.83. The second-order valence-corrected chi connectivity index (χ2v) is 8.65. The van der Waals surface area contributed by atoms with E-state index in [0.717, 1.165) is 30.1 Å². The maximum Gasteiger partial charge on any atom is 0.330 e. The Labute approximate surface area is 175 Å². The van der Waals surface area contributed by atoms with E-state index in [1.807, 2.05) is 42.1 Å². The predicted molar refractivity (Wildman–Crippen MR) is 120 cm³/mol. The van der Waals surface area contributed by atoms with Crippen LogP contribution in [-0.4, -0.2) is 36.8 Å². The highest BCUT2D eigenvalue weighted by Gasteiger charge is 2.10. The van der Waals surface area contributed by atoms with E-state index in [1.54, 1.807) is 6.08 Å². The van der Waals surface area contributed by atoms with Crippen LogP contribution < -0.4 is 0 Å². The third-order valence-corrected chi connectivity index (χ3v) is 6.05. The van der Waals surface area contributed by atoms with Crippen molar-refractivity contribution in [3.63, 3.8) is 0 Å². The lowest BCUT2D eigenvalue weighted by Gasteiger charge is -2.19. The van der Waals surface area contributed by atoms with Crippen LogP contribution in [-0.2, 0) is 14.3 Å². The zero-order chi connectivity index (χ0) is 19.7. The Morgan fingerprint density at radius 2 is 1.61 bits per heavy atom. The Morgan fingerprint density at radius 3 is 2.32 bits per heavy atom. The van der Waals surface area contributed by atoms with Crippen LogP contribution in [0, 0.1) is 0 Å². The van der Waals surface area contributed by atoms with Crippen LogP contribution >= 0.6 is 11.8 Å². The summed E-state index contributed by atoms with van der Waals surface area (Å²) in [7, 11) is 0. The number of hydrogen-bond donors (Lipinski definition) is 0. The third-order valence-electron chi connectivity index (χ3n) is 5.02. The highest BCUT2D eigenvalue weighted by Crippen LogP contribution is 2.19. The van der Waals surface area contributed by atoms with E-state index in [9.17, 15) is 4.79 Å². The van der Waals surface area contributed by atoms with Gasteiger partial charge in [-0.15, -0.1) is 0 Å². The normalized spacial score (nSPS) is 16.9. The second-order valence-electron chi connectivity index (χ2n) is 7.42. The zero-order valence-corrected chi connectivity index (χ0v) is 18.0. The molecule has 1 fully saturated rings. The Balaban J connectivity index is 1.44. The van der Waals surface area contributed by atoms with Gasteiger partial charge in [-0.2, -0.15) is 11.8 Å². The lowest BCUT2D eigenvalue weighted by molar-refractivity contribution is -0.137. The van der Waals surface area contributed by atoms with Gasteiger partial charge in [0, 0.05) is 18.4 Å². The molecule has 2 rings (SSSR count). The predicted octanol–water partition coefficient (Wildman–Crippen LogP) is 6.28. The molecule has 0 amide bonds. The van der Waals surface area contributed by atoms with Crippen molar-refractivity contribution in [1.29, 1.82) is 0 Å². The molecular weight excluding hydrogens is 368 g/mol. The molecule has 3 nitrogen and oxygen atoms in total. The van der Waals surface area contributed by atoms with Crippen molar-refractivity contribution in [2.45, 2.75) is 70.3 Å². The van der Waals surface area contributed by atoms with Gasteiger partial charge in [0.2, 0.25) is 0 Å². The Morgan fingerprint density at radius 1 is 0.929 bits per heavy atom. The molecule has 1 aliphatic carbocycles. The van der Waals surface area contributed by atoms with Crippen LogP contribution in [0.25, 0.3) is 6.08 Å². The number of rotatable bonds is 10. The third kappa shape index (κ3) is 11.6. The largest absolute Gasteiger partial charge is 0.462 e. The number of thioether (sulfide) groups is 1. The van der Waals surface area contributed by atoms with E-state index in [1.165, 1.54) is 63.9 Å². The van der Waals surface area contributed by atoms with Crippen molar-refractivity contribution < 1.29 is 14.3 Å². The summed E-state index contributed by atoms with van der Waals surface area (Å²) in [5.41, 5.74) is 1.00. The van der Waals surface area contributed by atoms with E-state index in [0.29, 0.717) is 12.7 Å². The molecule has 0 heterocycles. The molecule has 0 unspecified atom stereocenters. The summed E-state index contributed by atoms with van der Waals surface area (Å²) in [4.78, 5) is 11.7. The number of hydrogen-bond acceptors (Lipinski definition) is 4. The summed E-state index contributed by atoms with van der Waals surface area (Å²) in [6.45, 7) is 1.32. The molecule has 1 aromatic rings. The van der Waals surface area contributed by atoms with Crippen LogP contribution in [0.2, 0.25) is 0 Å². The molecular formula is C24H36O3S. The quantitative estimate of drug-likeness (QED) is 0.261. The van der Waals surface area contributed by atoms with E-state index >= 15 is 0 Å². The highest BCUT2D eigenvalue weighted by atomic mass is 32.2. The fourth-order valence-electron chi connectivity index (χ4n) is 3.43. The van der Waals surface area contributed by atoms with Gasteiger partial charge in [0.15, 0.2) is 0 Å². The molecule has 1 aliphatic rings. The summed E-state index contributed by atoms with van der Waals surface area (Å²) in [5.74, 6) is 1.63. The van der Waals surface area contributed by atoms with Gasteiger partial charge in [0.05, 0.1) is 6.10 Å². The second kappa shape index (κ2) is 15.6. The van der Waals surface area contributed by atoms with Crippen molar-refractivity contribution in [2.75, 3.05) is 24.7 Å². The molecule has 0 spiro atoms. The lowest BCUT2D eigenvalue weighted by atomic mass is 9.99. The molecule has 0 radical (unpaired) electrons. The minimum absolute atomic E-state index is 0.274. The van der Waals surface area contributed by atoms with Gasteiger partial charge >= 0.3 is 5.97 Å². The van der Waals surface area contributed by atoms with Gasteiger partial charge < -0.3 is 9.47 Å². The van der Waals surface area contributed by atoms with E-state index < -0.39 is 0 Å². The first kappa shape index (κ1) is 23.0. The number of esters is 1. The molecule has 1 saturated carbocycles. The van der Waals surface area contributed by atoms with Gasteiger partial charge in [-0.1, -0.05) is 75.3 Å². The molecule has 4 heteroatoms. The van der Waals surface area contributed by atoms with Crippen molar-refractivity contribution in [3.8, 4) is 0 Å². The van der Waals surface area contributed by atoms with Crippen LogP contribution in [0.1, 0.15) is 69.8 Å². The van der Waals surface area contributed by atoms with Crippen LogP contribution in [0.4, 0.5) is 0 Å². The summed E-state index contributed by atoms with van der Waals surface area (Å²) in [5, 5.41) is 0. The van der Waals surface area contributed by atoms with E-state index in [4.69, 9.17) is 9.47 Å². The first-order valence-electron chi connectivity index (χ1n) is 10.9. The van der Waals surface area contributed by atoms with Crippen LogP contribution in [0.5, 0.6) is 0 Å². The van der Waals surface area contributed by atoms with Crippen molar-refractivity contribution in [1.82, 2.24) is 0 Å². The fraction of sp³-hybridized carbons (Fsp3) is 0.625. The maximum atomic E-state index is 11.7. The minimum Gasteiger partial charge on any atom is -0.462 e. The first-order valence-corrected chi connectivity index (χ1v) is 12.1. The average molecular weight is 405 g/mol. The SMILES string of the molecule is O=C(/C=C/c1ccccc1)OCCSCCCOC1CCCCCCCCC1. The minimum atomic E-state index is -0.274. The monoisotopic (exact) mass is 404 g/mol. The number of ether oxygens (including phenoxy) is 2. The number of benzene rings is 1. The van der Waals surface area contributed by atoms with Gasteiger partial charge in [-0.25, -0.2) is 4.79 Å². The zero-order valence-electron chi connectivity index (χ0n) is 17.2. The lowest BCUT2D eigenvalue weighted by Crippen LogP contribution is -2.15. The highest BCUT2D eigenvalue weighted by molar-refractivity contribution is 7.99. The molecule has 0 aromatic heterocycles. The van der Waals surface area contributed by atoms with Gasteiger partial charge in [0.1, 0.15) is 6.61 Å². The number of carbonyl (C=O) groups is 1. The van der Waals surface area contributed by atoms with Crippen LogP contribution in [0.15, 0.2) is 36.4 Å². The van der Waals surface area contributed by atoms with Gasteiger partial charge in [-0.05, 0) is 36.7 Å². The first-order chi connectivity index (χ1) is 13.8. The molecule has 0 bridgehead atoms. The molecule has 156 valence electrons. The van der Waals surface area contributed by atoms with E-state index in [-0.39, 0.29) is 5.97 Å². The maximum absolute atomic E-state index is 11.7. The van der Waals surface area contributed by atoms with Crippen LogP contribution in [0.3, 0.4) is 0 Å². The summed E-state index contributed by atoms with van der Waals surface area (Å²) in [6.07, 6.45) is 16.9. The average Bonchev–Trinajstić information content (AvgIpc) is 2.73. The fourth-order valence-corrected chi connectivity index (χ4v) is 4.16. The summed E-state index contributed by atoms with van der Waals surface area (Å²) in [6, 6.07) is 9.77. The molecule has 0 saturated heterocycles. The topological polar surface area (TPSA) is 35.5 Å². The Kier molecular flexibility index (Phi) is 12.9. The Hall–Kier alpha value is -1.26. The van der Waals surface area contributed by atoms with Crippen molar-refractivity contribution in [2.24, 2.45) is 0 Å². The van der Waals surface area contributed by atoms with Gasteiger partial charge in [0.25, 0.3) is 0 Å². The van der Waals surface area contributed by atoms with E-state index in [2.05, 4.69) is 0 Å². The molecule has 0 N–H and O–H groups in total. The molecule has 28 heavy (non-hydrogen) atoms.